The Bertz CT molecular complexity index is 926. The van der Waals surface area contributed by atoms with Gasteiger partial charge in [0, 0.05) is 31.4 Å². The summed E-state index contributed by atoms with van der Waals surface area (Å²) in [5.74, 6) is -0.741. The first-order valence-corrected chi connectivity index (χ1v) is 9.61. The van der Waals surface area contributed by atoms with Crippen molar-refractivity contribution in [2.24, 2.45) is 0 Å². The highest BCUT2D eigenvalue weighted by atomic mass is 16.5. The number of carbonyl (C=O) groups excluding carboxylic acids is 3. The second-order valence-electron chi connectivity index (χ2n) is 6.89. The molecular weight excluding hydrogens is 370 g/mol. The van der Waals surface area contributed by atoms with E-state index in [-0.39, 0.29) is 5.91 Å². The number of carbonyl (C=O) groups is 3. The number of para-hydroxylation sites is 1. The van der Waals surface area contributed by atoms with Crippen LogP contribution < -0.4 is 20.3 Å². The molecule has 0 bridgehead atoms. The number of hydrogen-bond donors (Lipinski definition) is 2. The number of amides is 3. The van der Waals surface area contributed by atoms with E-state index in [0.717, 1.165) is 35.4 Å². The van der Waals surface area contributed by atoms with Gasteiger partial charge in [-0.1, -0.05) is 24.3 Å². The van der Waals surface area contributed by atoms with Crippen molar-refractivity contribution in [3.05, 3.63) is 53.6 Å². The molecule has 0 atom stereocenters. The number of aryl methyl sites for hydroxylation is 1. The van der Waals surface area contributed by atoms with Crippen LogP contribution in [-0.2, 0) is 27.2 Å². The predicted octanol–water partition coefficient (Wildman–Crippen LogP) is 2.29. The van der Waals surface area contributed by atoms with Crippen LogP contribution in [0.15, 0.2) is 42.5 Å². The number of hydrogen-bond acceptors (Lipinski definition) is 4. The number of methoxy groups -OCH3 is 1. The summed E-state index contributed by atoms with van der Waals surface area (Å²) in [5.41, 5.74) is 3.29. The SMILES string of the molecule is COc1ccccc1CCNC(=O)C(=O)Nc1ccc2c(c1)N(C(C)=O)CCC2. The third kappa shape index (κ3) is 4.93. The van der Waals surface area contributed by atoms with Crippen LogP contribution in [-0.4, -0.2) is 37.9 Å². The number of rotatable bonds is 5. The molecule has 0 spiro atoms. The smallest absolute Gasteiger partial charge is 0.313 e. The topological polar surface area (TPSA) is 87.7 Å². The van der Waals surface area contributed by atoms with E-state index in [1.165, 1.54) is 6.92 Å². The standard InChI is InChI=1S/C22H25N3O4/c1-15(26)25-13-5-7-16-9-10-18(14-19(16)25)24-22(28)21(27)23-12-11-17-6-3-4-8-20(17)29-2/h3-4,6,8-10,14H,5,7,11-13H2,1-2H3,(H,23,27)(H,24,28). The van der Waals surface area contributed by atoms with Crippen LogP contribution >= 0.6 is 0 Å². The lowest BCUT2D eigenvalue weighted by Crippen LogP contribution is -2.37. The van der Waals surface area contributed by atoms with E-state index >= 15 is 0 Å². The first-order chi connectivity index (χ1) is 14.0. The Balaban J connectivity index is 1.58. The van der Waals surface area contributed by atoms with Crippen LogP contribution in [0.25, 0.3) is 0 Å². The molecule has 0 unspecified atom stereocenters. The highest BCUT2D eigenvalue weighted by Gasteiger charge is 2.21. The molecular formula is C22H25N3O4. The van der Waals surface area contributed by atoms with Gasteiger partial charge in [-0.3, -0.25) is 14.4 Å². The number of fused-ring (bicyclic) bond motifs is 1. The zero-order chi connectivity index (χ0) is 20.8. The maximum Gasteiger partial charge on any atom is 0.313 e. The molecule has 2 N–H and O–H groups in total. The minimum Gasteiger partial charge on any atom is -0.496 e. The second-order valence-corrected chi connectivity index (χ2v) is 6.89. The molecule has 152 valence electrons. The summed E-state index contributed by atoms with van der Waals surface area (Å²) in [6, 6.07) is 12.9. The number of nitrogens with one attached hydrogen (secondary N) is 2. The van der Waals surface area contributed by atoms with E-state index in [9.17, 15) is 14.4 Å². The van der Waals surface area contributed by atoms with Crippen molar-refractivity contribution in [1.82, 2.24) is 5.32 Å². The molecule has 7 nitrogen and oxygen atoms in total. The average Bonchev–Trinajstić information content (AvgIpc) is 2.73. The summed E-state index contributed by atoms with van der Waals surface area (Å²) in [6.45, 7) is 2.49. The van der Waals surface area contributed by atoms with E-state index in [0.29, 0.717) is 25.2 Å². The van der Waals surface area contributed by atoms with Crippen LogP contribution in [0, 0.1) is 0 Å². The molecule has 0 radical (unpaired) electrons. The van der Waals surface area contributed by atoms with Gasteiger partial charge in [0.05, 0.1) is 7.11 Å². The van der Waals surface area contributed by atoms with Gasteiger partial charge in [-0.05, 0) is 48.6 Å². The van der Waals surface area contributed by atoms with Crippen molar-refractivity contribution in [2.45, 2.75) is 26.2 Å². The number of anilines is 2. The Morgan fingerprint density at radius 3 is 2.66 bits per heavy atom. The van der Waals surface area contributed by atoms with Gasteiger partial charge in [0.1, 0.15) is 5.75 Å². The van der Waals surface area contributed by atoms with Crippen LogP contribution in [0.2, 0.25) is 0 Å². The molecule has 1 aliphatic heterocycles. The van der Waals surface area contributed by atoms with Gasteiger partial charge in [-0.25, -0.2) is 0 Å². The fourth-order valence-corrected chi connectivity index (χ4v) is 3.47. The molecule has 0 fully saturated rings. The Labute approximate surface area is 170 Å². The van der Waals surface area contributed by atoms with Gasteiger partial charge < -0.3 is 20.3 Å². The second kappa shape index (κ2) is 9.23. The summed E-state index contributed by atoms with van der Waals surface area (Å²) in [7, 11) is 1.59. The molecule has 29 heavy (non-hydrogen) atoms. The Kier molecular flexibility index (Phi) is 6.49. The van der Waals surface area contributed by atoms with Gasteiger partial charge in [0.25, 0.3) is 0 Å². The van der Waals surface area contributed by atoms with Crippen molar-refractivity contribution in [3.8, 4) is 5.75 Å². The monoisotopic (exact) mass is 395 g/mol. The lowest BCUT2D eigenvalue weighted by Gasteiger charge is -2.29. The summed E-state index contributed by atoms with van der Waals surface area (Å²) < 4.78 is 5.28. The molecule has 3 amide bonds. The van der Waals surface area contributed by atoms with Crippen molar-refractivity contribution < 1.29 is 19.1 Å². The van der Waals surface area contributed by atoms with Crippen LogP contribution in [0.1, 0.15) is 24.5 Å². The molecule has 0 aliphatic carbocycles. The molecule has 2 aromatic rings. The molecule has 0 saturated carbocycles. The van der Waals surface area contributed by atoms with Crippen LogP contribution in [0.5, 0.6) is 5.75 Å². The van der Waals surface area contributed by atoms with E-state index in [1.807, 2.05) is 30.3 Å². The van der Waals surface area contributed by atoms with Crippen LogP contribution in [0.3, 0.4) is 0 Å². The third-order valence-electron chi connectivity index (χ3n) is 4.92. The molecule has 1 aliphatic rings. The van der Waals surface area contributed by atoms with Gasteiger partial charge >= 0.3 is 11.8 Å². The maximum absolute atomic E-state index is 12.2. The van der Waals surface area contributed by atoms with E-state index in [4.69, 9.17) is 4.74 Å². The normalized spacial score (nSPS) is 12.7. The van der Waals surface area contributed by atoms with E-state index < -0.39 is 11.8 Å². The predicted molar refractivity (Wildman–Crippen MR) is 111 cm³/mol. The largest absolute Gasteiger partial charge is 0.496 e. The first-order valence-electron chi connectivity index (χ1n) is 9.61. The fraction of sp³-hybridized carbons (Fsp3) is 0.318. The summed E-state index contributed by atoms with van der Waals surface area (Å²) >= 11 is 0. The molecule has 0 saturated heterocycles. The van der Waals surface area contributed by atoms with Gasteiger partial charge in [-0.2, -0.15) is 0 Å². The zero-order valence-electron chi connectivity index (χ0n) is 16.7. The maximum atomic E-state index is 12.2. The number of benzene rings is 2. The Morgan fingerprint density at radius 2 is 1.90 bits per heavy atom. The Morgan fingerprint density at radius 1 is 1.10 bits per heavy atom. The van der Waals surface area contributed by atoms with E-state index in [1.54, 1.807) is 24.1 Å². The minimum absolute atomic E-state index is 0.0384. The van der Waals surface area contributed by atoms with Gasteiger partial charge in [0.2, 0.25) is 5.91 Å². The quantitative estimate of drug-likeness (QED) is 0.761. The number of ether oxygens (including phenoxy) is 1. The first kappa shape index (κ1) is 20.4. The number of nitrogens with zero attached hydrogens (tertiary/aromatic N) is 1. The van der Waals surface area contributed by atoms with Crippen LogP contribution in [0.4, 0.5) is 11.4 Å². The highest BCUT2D eigenvalue weighted by molar-refractivity contribution is 6.39. The fourth-order valence-electron chi connectivity index (χ4n) is 3.47. The average molecular weight is 395 g/mol. The third-order valence-corrected chi connectivity index (χ3v) is 4.92. The minimum atomic E-state index is -0.741. The zero-order valence-corrected chi connectivity index (χ0v) is 16.7. The lowest BCUT2D eigenvalue weighted by atomic mass is 10.0. The molecule has 1 heterocycles. The van der Waals surface area contributed by atoms with Gasteiger partial charge in [0.15, 0.2) is 0 Å². The van der Waals surface area contributed by atoms with Crippen molar-refractivity contribution in [1.29, 1.82) is 0 Å². The summed E-state index contributed by atoms with van der Waals surface area (Å²) in [4.78, 5) is 37.9. The van der Waals surface area contributed by atoms with E-state index in [2.05, 4.69) is 10.6 Å². The lowest BCUT2D eigenvalue weighted by molar-refractivity contribution is -0.136. The molecule has 0 aromatic heterocycles. The molecule has 7 heteroatoms. The van der Waals surface area contributed by atoms with Crippen molar-refractivity contribution in [3.63, 3.8) is 0 Å². The van der Waals surface area contributed by atoms with Gasteiger partial charge in [-0.15, -0.1) is 0 Å². The molecule has 3 rings (SSSR count). The summed E-state index contributed by atoms with van der Waals surface area (Å²) in [5, 5.41) is 5.23. The van der Waals surface area contributed by atoms with Crippen molar-refractivity contribution >= 4 is 29.1 Å². The summed E-state index contributed by atoms with van der Waals surface area (Å²) in [6.07, 6.45) is 2.35. The highest BCUT2D eigenvalue weighted by Crippen LogP contribution is 2.30. The Hall–Kier alpha value is -3.35. The molecule has 2 aromatic carbocycles. The van der Waals surface area contributed by atoms with Crippen molar-refractivity contribution in [2.75, 3.05) is 30.4 Å².